The van der Waals surface area contributed by atoms with Crippen LogP contribution in [0.1, 0.15) is 12.0 Å². The predicted molar refractivity (Wildman–Crippen MR) is 85.3 cm³/mol. The van der Waals surface area contributed by atoms with Crippen molar-refractivity contribution in [1.82, 2.24) is 0 Å². The third kappa shape index (κ3) is 2.96. The highest BCUT2D eigenvalue weighted by atomic mass is 32.2. The predicted octanol–water partition coefficient (Wildman–Crippen LogP) is 2.67. The quantitative estimate of drug-likeness (QED) is 0.924. The summed E-state index contributed by atoms with van der Waals surface area (Å²) in [7, 11) is -2.32. The van der Waals surface area contributed by atoms with Gasteiger partial charge in [0, 0.05) is 25.2 Å². The number of hydrogen-bond donors (Lipinski definition) is 1. The summed E-state index contributed by atoms with van der Waals surface area (Å²) in [5.41, 5.74) is 1.34. The van der Waals surface area contributed by atoms with Crippen LogP contribution in [0.4, 0.5) is 20.2 Å². The summed E-state index contributed by atoms with van der Waals surface area (Å²) in [6, 6.07) is 7.18. The molecule has 1 aliphatic heterocycles. The molecule has 0 radical (unpaired) electrons. The van der Waals surface area contributed by atoms with Crippen molar-refractivity contribution in [3.63, 3.8) is 0 Å². The number of benzene rings is 2. The van der Waals surface area contributed by atoms with Crippen LogP contribution in [0.15, 0.2) is 41.3 Å². The van der Waals surface area contributed by atoms with Crippen LogP contribution < -0.4 is 9.62 Å². The summed E-state index contributed by atoms with van der Waals surface area (Å²) in [5, 5.41) is 0. The highest BCUT2D eigenvalue weighted by Gasteiger charge is 2.23. The van der Waals surface area contributed by atoms with E-state index in [1.807, 2.05) is 0 Å². The first-order valence-electron chi connectivity index (χ1n) is 7.15. The number of carbonyl (C=O) groups excluding carboxylic acids is 1. The maximum atomic E-state index is 13.2. The molecule has 2 aromatic carbocycles. The van der Waals surface area contributed by atoms with E-state index in [4.69, 9.17) is 0 Å². The number of rotatable bonds is 3. The minimum absolute atomic E-state index is 0.00580. The van der Waals surface area contributed by atoms with E-state index in [1.165, 1.54) is 17.0 Å². The summed E-state index contributed by atoms with van der Waals surface area (Å²) >= 11 is 0. The highest BCUT2D eigenvalue weighted by Crippen LogP contribution is 2.29. The van der Waals surface area contributed by atoms with E-state index in [0.717, 1.165) is 23.8 Å². The molecular weight excluding hydrogens is 338 g/mol. The number of nitrogens with one attached hydrogen (secondary N) is 1. The molecule has 0 unspecified atom stereocenters. The average Bonchev–Trinajstić information content (AvgIpc) is 2.54. The molecule has 5 nitrogen and oxygen atoms in total. The molecule has 2 aromatic rings. The fourth-order valence-electron chi connectivity index (χ4n) is 2.57. The van der Waals surface area contributed by atoms with Gasteiger partial charge < -0.3 is 4.90 Å². The van der Waals surface area contributed by atoms with Crippen LogP contribution in [0.2, 0.25) is 0 Å². The molecule has 126 valence electrons. The topological polar surface area (TPSA) is 66.5 Å². The minimum atomic E-state index is -3.95. The zero-order valence-corrected chi connectivity index (χ0v) is 13.5. The number of carbonyl (C=O) groups is 1. The Balaban J connectivity index is 1.93. The van der Waals surface area contributed by atoms with Crippen molar-refractivity contribution < 1.29 is 22.0 Å². The van der Waals surface area contributed by atoms with Crippen molar-refractivity contribution in [2.45, 2.75) is 17.7 Å². The smallest absolute Gasteiger partial charge is 0.261 e. The van der Waals surface area contributed by atoms with Gasteiger partial charge in [0.2, 0.25) is 5.91 Å². The lowest BCUT2D eigenvalue weighted by Gasteiger charge is -2.26. The molecule has 0 fully saturated rings. The molecule has 1 amide bonds. The first-order chi connectivity index (χ1) is 11.3. The van der Waals surface area contributed by atoms with Gasteiger partial charge in [0.15, 0.2) is 11.6 Å². The van der Waals surface area contributed by atoms with Gasteiger partial charge in [-0.1, -0.05) is 0 Å². The summed E-state index contributed by atoms with van der Waals surface area (Å²) in [4.78, 5) is 13.1. The second kappa shape index (κ2) is 5.86. The van der Waals surface area contributed by atoms with Gasteiger partial charge in [0.1, 0.15) is 0 Å². The molecule has 24 heavy (non-hydrogen) atoms. The Morgan fingerprint density at radius 1 is 1.04 bits per heavy atom. The molecule has 0 aliphatic carbocycles. The number of halogens is 2. The van der Waals surface area contributed by atoms with E-state index >= 15 is 0 Å². The van der Waals surface area contributed by atoms with E-state index < -0.39 is 21.7 Å². The van der Waals surface area contributed by atoms with Crippen molar-refractivity contribution in [3.05, 3.63) is 53.6 Å². The van der Waals surface area contributed by atoms with Gasteiger partial charge in [-0.25, -0.2) is 17.2 Å². The molecule has 0 bridgehead atoms. The molecule has 1 heterocycles. The van der Waals surface area contributed by atoms with E-state index in [-0.39, 0.29) is 16.5 Å². The van der Waals surface area contributed by atoms with E-state index in [9.17, 15) is 22.0 Å². The fourth-order valence-corrected chi connectivity index (χ4v) is 3.67. The van der Waals surface area contributed by atoms with Gasteiger partial charge in [0.25, 0.3) is 10.0 Å². The third-order valence-corrected chi connectivity index (χ3v) is 5.26. The summed E-state index contributed by atoms with van der Waals surface area (Å²) in [6.45, 7) is 0. The first-order valence-corrected chi connectivity index (χ1v) is 8.63. The van der Waals surface area contributed by atoms with Gasteiger partial charge in [-0.2, -0.15) is 0 Å². The Hall–Kier alpha value is -2.48. The average molecular weight is 352 g/mol. The zero-order valence-electron chi connectivity index (χ0n) is 12.7. The van der Waals surface area contributed by atoms with Gasteiger partial charge in [-0.3, -0.25) is 9.52 Å². The van der Waals surface area contributed by atoms with Crippen LogP contribution in [0.5, 0.6) is 0 Å². The van der Waals surface area contributed by atoms with E-state index in [1.54, 1.807) is 13.1 Å². The SMILES string of the molecule is CN1C(=O)CCc2cc(S(=O)(=O)Nc3ccc(F)c(F)c3)ccc21. The number of aryl methyl sites for hydroxylation is 1. The molecule has 1 aliphatic rings. The summed E-state index contributed by atoms with van der Waals surface area (Å²) in [5.74, 6) is -2.22. The lowest BCUT2D eigenvalue weighted by atomic mass is 10.0. The number of fused-ring (bicyclic) bond motifs is 1. The molecule has 0 saturated heterocycles. The number of amides is 1. The normalized spacial score (nSPS) is 14.5. The van der Waals surface area contributed by atoms with Crippen molar-refractivity contribution in [3.8, 4) is 0 Å². The van der Waals surface area contributed by atoms with Crippen LogP contribution in [0, 0.1) is 11.6 Å². The first kappa shape index (κ1) is 16.4. The van der Waals surface area contributed by atoms with E-state index in [2.05, 4.69) is 4.72 Å². The third-order valence-electron chi connectivity index (χ3n) is 3.88. The second-order valence-corrected chi connectivity index (χ2v) is 7.16. The van der Waals surface area contributed by atoms with Gasteiger partial charge >= 0.3 is 0 Å². The Kier molecular flexibility index (Phi) is 4.00. The Morgan fingerprint density at radius 2 is 1.79 bits per heavy atom. The van der Waals surface area contributed by atoms with Gasteiger partial charge in [-0.15, -0.1) is 0 Å². The van der Waals surface area contributed by atoms with Crippen molar-refractivity contribution in [2.75, 3.05) is 16.7 Å². The second-order valence-electron chi connectivity index (χ2n) is 5.48. The monoisotopic (exact) mass is 352 g/mol. The van der Waals surface area contributed by atoms with Crippen LogP contribution in [0.25, 0.3) is 0 Å². The number of hydrogen-bond acceptors (Lipinski definition) is 3. The standard InChI is InChI=1S/C16H14F2N2O3S/c1-20-15-6-4-12(8-10(15)2-7-16(20)21)24(22,23)19-11-3-5-13(17)14(18)9-11/h3-6,8-9,19H,2,7H2,1H3. The van der Waals surface area contributed by atoms with Crippen LogP contribution in [-0.2, 0) is 21.2 Å². The maximum Gasteiger partial charge on any atom is 0.261 e. The van der Waals surface area contributed by atoms with Crippen molar-refractivity contribution in [2.24, 2.45) is 0 Å². The lowest BCUT2D eigenvalue weighted by Crippen LogP contribution is -2.31. The Labute approximate surface area is 138 Å². The molecule has 0 atom stereocenters. The van der Waals surface area contributed by atoms with Gasteiger partial charge in [0.05, 0.1) is 10.6 Å². The number of sulfonamides is 1. The summed E-state index contributed by atoms with van der Waals surface area (Å²) in [6.07, 6.45) is 0.761. The van der Waals surface area contributed by atoms with Crippen LogP contribution in [-0.4, -0.2) is 21.4 Å². The van der Waals surface area contributed by atoms with Crippen LogP contribution >= 0.6 is 0 Å². The largest absolute Gasteiger partial charge is 0.315 e. The minimum Gasteiger partial charge on any atom is -0.315 e. The van der Waals surface area contributed by atoms with E-state index in [0.29, 0.717) is 18.5 Å². The molecular formula is C16H14F2N2O3S. The number of anilines is 2. The van der Waals surface area contributed by atoms with Crippen molar-refractivity contribution in [1.29, 1.82) is 0 Å². The summed E-state index contributed by atoms with van der Waals surface area (Å²) < 4.78 is 53.2. The lowest BCUT2D eigenvalue weighted by molar-refractivity contribution is -0.118. The fraction of sp³-hybridized carbons (Fsp3) is 0.188. The molecule has 3 rings (SSSR count). The maximum absolute atomic E-state index is 13.2. The van der Waals surface area contributed by atoms with Gasteiger partial charge in [-0.05, 0) is 42.3 Å². The Bertz CT molecular complexity index is 929. The molecule has 0 spiro atoms. The highest BCUT2D eigenvalue weighted by molar-refractivity contribution is 7.92. The zero-order chi connectivity index (χ0) is 17.5. The molecule has 0 aromatic heterocycles. The Morgan fingerprint density at radius 3 is 2.50 bits per heavy atom. The van der Waals surface area contributed by atoms with Crippen LogP contribution in [0.3, 0.4) is 0 Å². The number of nitrogens with zero attached hydrogens (tertiary/aromatic N) is 1. The molecule has 1 N–H and O–H groups in total. The van der Waals surface area contributed by atoms with Crippen molar-refractivity contribution >= 4 is 27.3 Å². The molecule has 8 heteroatoms. The molecule has 0 saturated carbocycles.